The third kappa shape index (κ3) is 4.06. The fraction of sp³-hybridized carbons (Fsp3) is 0.500. The molecule has 1 saturated carbocycles. The molecule has 4 rings (SSSR count). The van der Waals surface area contributed by atoms with Gasteiger partial charge in [0.05, 0.1) is 5.75 Å². The predicted octanol–water partition coefficient (Wildman–Crippen LogP) is 2.06. The van der Waals surface area contributed by atoms with Crippen molar-refractivity contribution in [3.05, 3.63) is 35.7 Å². The SMILES string of the molecule is Cc1ccc(-n2c(C)nnc2SCC(=O)N2CCN(C(=O)C3CC3)CC2)cc1. The van der Waals surface area contributed by atoms with Gasteiger partial charge in [-0.25, -0.2) is 0 Å². The standard InChI is InChI=1S/C20H25N5O2S/c1-14-3-7-17(8-4-14)25-15(2)21-22-20(25)28-13-18(26)23-9-11-24(12-10-23)19(27)16-5-6-16/h3-4,7-8,16H,5-6,9-13H2,1-2H3. The van der Waals surface area contributed by atoms with E-state index in [2.05, 4.69) is 29.3 Å². The first-order valence-electron chi connectivity index (χ1n) is 9.71. The molecule has 0 atom stereocenters. The van der Waals surface area contributed by atoms with Gasteiger partial charge in [0.1, 0.15) is 5.82 Å². The van der Waals surface area contributed by atoms with Crippen LogP contribution in [0.1, 0.15) is 24.2 Å². The van der Waals surface area contributed by atoms with Crippen molar-refractivity contribution in [3.63, 3.8) is 0 Å². The lowest BCUT2D eigenvalue weighted by Gasteiger charge is -2.34. The molecule has 0 N–H and O–H groups in total. The van der Waals surface area contributed by atoms with E-state index in [0.717, 1.165) is 29.5 Å². The van der Waals surface area contributed by atoms with Crippen molar-refractivity contribution in [1.29, 1.82) is 0 Å². The number of amides is 2. The molecule has 0 radical (unpaired) electrons. The van der Waals surface area contributed by atoms with Crippen LogP contribution in [0.2, 0.25) is 0 Å². The minimum Gasteiger partial charge on any atom is -0.339 e. The van der Waals surface area contributed by atoms with Gasteiger partial charge in [0.15, 0.2) is 5.16 Å². The van der Waals surface area contributed by atoms with Crippen LogP contribution < -0.4 is 0 Å². The van der Waals surface area contributed by atoms with Crippen molar-refractivity contribution in [3.8, 4) is 5.69 Å². The molecular weight excluding hydrogens is 374 g/mol. The molecule has 0 unspecified atom stereocenters. The largest absolute Gasteiger partial charge is 0.339 e. The number of aromatic nitrogens is 3. The van der Waals surface area contributed by atoms with Gasteiger partial charge in [-0.1, -0.05) is 29.5 Å². The monoisotopic (exact) mass is 399 g/mol. The first-order chi connectivity index (χ1) is 13.5. The molecule has 1 saturated heterocycles. The van der Waals surface area contributed by atoms with Crippen molar-refractivity contribution in [1.82, 2.24) is 24.6 Å². The number of nitrogens with zero attached hydrogens (tertiary/aromatic N) is 5. The first-order valence-corrected chi connectivity index (χ1v) is 10.7. The maximum absolute atomic E-state index is 12.6. The van der Waals surface area contributed by atoms with Gasteiger partial charge in [0.25, 0.3) is 0 Å². The van der Waals surface area contributed by atoms with E-state index in [-0.39, 0.29) is 17.7 Å². The van der Waals surface area contributed by atoms with Gasteiger partial charge in [0.2, 0.25) is 11.8 Å². The van der Waals surface area contributed by atoms with Gasteiger partial charge >= 0.3 is 0 Å². The van der Waals surface area contributed by atoms with E-state index in [0.29, 0.717) is 31.9 Å². The number of carbonyl (C=O) groups is 2. The van der Waals surface area contributed by atoms with Crippen LogP contribution in [0, 0.1) is 19.8 Å². The molecule has 1 aromatic heterocycles. The second kappa shape index (κ2) is 7.95. The zero-order valence-corrected chi connectivity index (χ0v) is 17.1. The van der Waals surface area contributed by atoms with Gasteiger partial charge in [0, 0.05) is 37.8 Å². The Labute approximate surface area is 169 Å². The van der Waals surface area contributed by atoms with Gasteiger partial charge in [-0.3, -0.25) is 14.2 Å². The van der Waals surface area contributed by atoms with Crippen molar-refractivity contribution in [2.45, 2.75) is 31.8 Å². The lowest BCUT2D eigenvalue weighted by atomic mass is 10.2. The van der Waals surface area contributed by atoms with Crippen LogP contribution in [-0.4, -0.2) is 68.3 Å². The number of aryl methyl sites for hydroxylation is 2. The number of piperazine rings is 1. The van der Waals surface area contributed by atoms with Gasteiger partial charge in [-0.15, -0.1) is 10.2 Å². The van der Waals surface area contributed by atoms with Crippen molar-refractivity contribution in [2.75, 3.05) is 31.9 Å². The summed E-state index contributed by atoms with van der Waals surface area (Å²) in [6.45, 7) is 6.47. The summed E-state index contributed by atoms with van der Waals surface area (Å²) in [6, 6.07) is 8.18. The van der Waals surface area contributed by atoms with E-state index in [1.807, 2.05) is 33.4 Å². The molecule has 2 aromatic rings. The Morgan fingerprint density at radius 1 is 1.00 bits per heavy atom. The molecule has 1 aromatic carbocycles. The number of thioether (sulfide) groups is 1. The summed E-state index contributed by atoms with van der Waals surface area (Å²) in [5.41, 5.74) is 2.19. The molecule has 148 valence electrons. The normalized spacial score (nSPS) is 17.1. The summed E-state index contributed by atoms with van der Waals surface area (Å²) in [4.78, 5) is 28.5. The second-order valence-electron chi connectivity index (χ2n) is 7.47. The minimum absolute atomic E-state index is 0.0830. The molecular formula is C20H25N5O2S. The molecule has 8 heteroatoms. The second-order valence-corrected chi connectivity index (χ2v) is 8.41. The topological polar surface area (TPSA) is 71.3 Å². The quantitative estimate of drug-likeness (QED) is 0.720. The van der Waals surface area contributed by atoms with Crippen LogP contribution in [0.5, 0.6) is 0 Å². The van der Waals surface area contributed by atoms with E-state index in [9.17, 15) is 9.59 Å². The predicted molar refractivity (Wildman–Crippen MR) is 107 cm³/mol. The van der Waals surface area contributed by atoms with Crippen LogP contribution in [-0.2, 0) is 9.59 Å². The molecule has 2 amide bonds. The zero-order chi connectivity index (χ0) is 19.7. The molecule has 28 heavy (non-hydrogen) atoms. The highest BCUT2D eigenvalue weighted by molar-refractivity contribution is 7.99. The number of hydrogen-bond donors (Lipinski definition) is 0. The Morgan fingerprint density at radius 3 is 2.29 bits per heavy atom. The Morgan fingerprint density at radius 2 is 1.64 bits per heavy atom. The van der Waals surface area contributed by atoms with Gasteiger partial charge in [-0.05, 0) is 38.8 Å². The third-order valence-corrected chi connectivity index (χ3v) is 6.20. The summed E-state index contributed by atoms with van der Waals surface area (Å²) in [7, 11) is 0. The summed E-state index contributed by atoms with van der Waals surface area (Å²) < 4.78 is 1.98. The van der Waals surface area contributed by atoms with Gasteiger partial charge in [-0.2, -0.15) is 0 Å². The molecule has 0 spiro atoms. The fourth-order valence-corrected chi connectivity index (χ4v) is 4.31. The smallest absolute Gasteiger partial charge is 0.233 e. The van der Waals surface area contributed by atoms with Gasteiger partial charge < -0.3 is 9.80 Å². The average molecular weight is 400 g/mol. The fourth-order valence-electron chi connectivity index (χ4n) is 3.41. The highest BCUT2D eigenvalue weighted by Gasteiger charge is 2.35. The summed E-state index contributed by atoms with van der Waals surface area (Å²) in [6.07, 6.45) is 2.05. The van der Waals surface area contributed by atoms with E-state index in [4.69, 9.17) is 0 Å². The van der Waals surface area contributed by atoms with E-state index in [1.54, 1.807) is 0 Å². The molecule has 2 aliphatic rings. The Hall–Kier alpha value is -2.35. The molecule has 2 fully saturated rings. The van der Waals surface area contributed by atoms with Crippen LogP contribution in [0.25, 0.3) is 5.69 Å². The number of carbonyl (C=O) groups excluding carboxylic acids is 2. The molecule has 1 aliphatic carbocycles. The van der Waals surface area contributed by atoms with Crippen LogP contribution >= 0.6 is 11.8 Å². The Bertz CT molecular complexity index is 867. The molecule has 1 aliphatic heterocycles. The highest BCUT2D eigenvalue weighted by Crippen LogP contribution is 2.31. The number of rotatable bonds is 5. The number of hydrogen-bond acceptors (Lipinski definition) is 5. The summed E-state index contributed by atoms with van der Waals surface area (Å²) in [5, 5.41) is 9.15. The third-order valence-electron chi connectivity index (χ3n) is 5.28. The van der Waals surface area contributed by atoms with Crippen molar-refractivity contribution in [2.24, 2.45) is 5.92 Å². The van der Waals surface area contributed by atoms with E-state index in [1.165, 1.54) is 17.3 Å². The highest BCUT2D eigenvalue weighted by atomic mass is 32.2. The Balaban J connectivity index is 1.34. The maximum Gasteiger partial charge on any atom is 0.233 e. The zero-order valence-electron chi connectivity index (χ0n) is 16.3. The van der Waals surface area contributed by atoms with Crippen LogP contribution in [0.4, 0.5) is 0 Å². The lowest BCUT2D eigenvalue weighted by molar-refractivity contribution is -0.139. The van der Waals surface area contributed by atoms with Crippen LogP contribution in [0.3, 0.4) is 0 Å². The van der Waals surface area contributed by atoms with Crippen molar-refractivity contribution < 1.29 is 9.59 Å². The average Bonchev–Trinajstić information content (AvgIpc) is 3.50. The first kappa shape index (κ1) is 19.0. The van der Waals surface area contributed by atoms with E-state index < -0.39 is 0 Å². The van der Waals surface area contributed by atoms with Crippen molar-refractivity contribution >= 4 is 23.6 Å². The van der Waals surface area contributed by atoms with E-state index >= 15 is 0 Å². The van der Waals surface area contributed by atoms with Crippen LogP contribution in [0.15, 0.2) is 29.4 Å². The minimum atomic E-state index is 0.0830. The molecule has 0 bridgehead atoms. The molecule has 2 heterocycles. The molecule has 7 nitrogen and oxygen atoms in total. The Kier molecular flexibility index (Phi) is 5.39. The lowest BCUT2D eigenvalue weighted by Crippen LogP contribution is -2.51. The summed E-state index contributed by atoms with van der Waals surface area (Å²) in [5.74, 6) is 1.71. The number of benzene rings is 1. The summed E-state index contributed by atoms with van der Waals surface area (Å²) >= 11 is 1.41. The maximum atomic E-state index is 12.6.